The van der Waals surface area contributed by atoms with Crippen molar-refractivity contribution in [3.8, 4) is 5.75 Å². The van der Waals surface area contributed by atoms with Crippen molar-refractivity contribution in [2.45, 2.75) is 19.4 Å². The van der Waals surface area contributed by atoms with Crippen molar-refractivity contribution in [1.82, 2.24) is 5.32 Å². The van der Waals surface area contributed by atoms with Crippen LogP contribution in [0, 0.1) is 0 Å². The van der Waals surface area contributed by atoms with Gasteiger partial charge in [-0.2, -0.15) is 0 Å². The standard InChI is InChI=1S/C20H19NO4/c1-14(16-5-3-2-4-6-16)11-19(22)25-18-9-7-15(8-10-18)12-17-13-24-20(23)21-17/h2-11,17H,12-13H2,1H3,(H,21,23)/b14-11+/t17-/m0/s1. The van der Waals surface area contributed by atoms with E-state index in [4.69, 9.17) is 9.47 Å². The van der Waals surface area contributed by atoms with Gasteiger partial charge in [0.1, 0.15) is 12.4 Å². The van der Waals surface area contributed by atoms with Crippen LogP contribution in [0.25, 0.3) is 5.57 Å². The number of carbonyl (C=O) groups excluding carboxylic acids is 2. The van der Waals surface area contributed by atoms with Crippen LogP contribution in [0.5, 0.6) is 5.75 Å². The summed E-state index contributed by atoms with van der Waals surface area (Å²) in [6, 6.07) is 16.9. The molecule has 1 amide bonds. The van der Waals surface area contributed by atoms with Crippen molar-refractivity contribution < 1.29 is 19.1 Å². The molecule has 128 valence electrons. The molecule has 1 fully saturated rings. The van der Waals surface area contributed by atoms with Crippen LogP contribution in [-0.2, 0) is 16.0 Å². The summed E-state index contributed by atoms with van der Waals surface area (Å²) in [7, 11) is 0. The third-order valence-electron chi connectivity index (χ3n) is 3.92. The van der Waals surface area contributed by atoms with E-state index in [-0.39, 0.29) is 12.1 Å². The van der Waals surface area contributed by atoms with E-state index < -0.39 is 5.97 Å². The molecule has 3 rings (SSSR count). The molecular weight excluding hydrogens is 318 g/mol. The second-order valence-electron chi connectivity index (χ2n) is 5.90. The molecule has 0 spiro atoms. The van der Waals surface area contributed by atoms with Crippen molar-refractivity contribution in [3.05, 3.63) is 71.8 Å². The maximum absolute atomic E-state index is 12.0. The van der Waals surface area contributed by atoms with Gasteiger partial charge in [-0.3, -0.25) is 0 Å². The first-order valence-corrected chi connectivity index (χ1v) is 8.08. The lowest BCUT2D eigenvalue weighted by Crippen LogP contribution is -2.28. The lowest BCUT2D eigenvalue weighted by molar-refractivity contribution is -0.128. The first-order valence-electron chi connectivity index (χ1n) is 8.08. The van der Waals surface area contributed by atoms with Gasteiger partial charge in [-0.05, 0) is 42.2 Å². The summed E-state index contributed by atoms with van der Waals surface area (Å²) < 4.78 is 10.2. The van der Waals surface area contributed by atoms with Crippen LogP contribution >= 0.6 is 0 Å². The van der Waals surface area contributed by atoms with Crippen LogP contribution in [0.2, 0.25) is 0 Å². The Kier molecular flexibility index (Phi) is 5.14. The van der Waals surface area contributed by atoms with E-state index in [1.807, 2.05) is 49.4 Å². The van der Waals surface area contributed by atoms with Gasteiger partial charge in [0.05, 0.1) is 6.04 Å². The van der Waals surface area contributed by atoms with E-state index in [0.29, 0.717) is 18.8 Å². The Morgan fingerprint density at radius 2 is 1.92 bits per heavy atom. The van der Waals surface area contributed by atoms with Crippen LogP contribution in [0.1, 0.15) is 18.1 Å². The van der Waals surface area contributed by atoms with Gasteiger partial charge >= 0.3 is 12.1 Å². The molecule has 2 aromatic carbocycles. The lowest BCUT2D eigenvalue weighted by atomic mass is 10.1. The Balaban J connectivity index is 1.57. The molecule has 1 N–H and O–H groups in total. The summed E-state index contributed by atoms with van der Waals surface area (Å²) in [4.78, 5) is 23.0. The highest BCUT2D eigenvalue weighted by Gasteiger charge is 2.22. The number of carbonyl (C=O) groups is 2. The van der Waals surface area contributed by atoms with Crippen molar-refractivity contribution in [3.63, 3.8) is 0 Å². The number of ether oxygens (including phenoxy) is 2. The summed E-state index contributed by atoms with van der Waals surface area (Å²) in [5, 5.41) is 2.73. The van der Waals surface area contributed by atoms with E-state index in [2.05, 4.69) is 5.32 Å². The predicted molar refractivity (Wildman–Crippen MR) is 94.1 cm³/mol. The first kappa shape index (κ1) is 16.8. The Hall–Kier alpha value is -3.08. The number of hydrogen-bond donors (Lipinski definition) is 1. The van der Waals surface area contributed by atoms with E-state index in [1.165, 1.54) is 6.08 Å². The number of esters is 1. The van der Waals surface area contributed by atoms with Gasteiger partial charge in [0.25, 0.3) is 0 Å². The normalized spacial score (nSPS) is 16.9. The summed E-state index contributed by atoms with van der Waals surface area (Å²) in [6.07, 6.45) is 1.78. The third kappa shape index (κ3) is 4.70. The quantitative estimate of drug-likeness (QED) is 0.516. The molecule has 1 atom stereocenters. The number of benzene rings is 2. The highest BCUT2D eigenvalue weighted by molar-refractivity contribution is 5.92. The molecule has 0 saturated carbocycles. The number of hydrogen-bond acceptors (Lipinski definition) is 4. The number of allylic oxidation sites excluding steroid dienone is 1. The number of alkyl carbamates (subject to hydrolysis) is 1. The fraction of sp³-hybridized carbons (Fsp3) is 0.200. The Morgan fingerprint density at radius 3 is 2.56 bits per heavy atom. The van der Waals surface area contributed by atoms with Crippen LogP contribution in [0.3, 0.4) is 0 Å². The molecule has 0 aromatic heterocycles. The molecule has 0 aliphatic carbocycles. The van der Waals surface area contributed by atoms with Gasteiger partial charge in [-0.1, -0.05) is 42.5 Å². The van der Waals surface area contributed by atoms with E-state index in [9.17, 15) is 9.59 Å². The van der Waals surface area contributed by atoms with Gasteiger partial charge in [0.15, 0.2) is 0 Å². The van der Waals surface area contributed by atoms with Gasteiger partial charge in [0.2, 0.25) is 0 Å². The fourth-order valence-electron chi connectivity index (χ4n) is 2.62. The minimum Gasteiger partial charge on any atom is -0.447 e. The largest absolute Gasteiger partial charge is 0.447 e. The Bertz CT molecular complexity index is 781. The van der Waals surface area contributed by atoms with Gasteiger partial charge in [-0.25, -0.2) is 9.59 Å². The minimum atomic E-state index is -0.412. The molecule has 1 saturated heterocycles. The molecule has 2 aromatic rings. The number of rotatable bonds is 5. The second-order valence-corrected chi connectivity index (χ2v) is 5.90. The molecule has 0 unspecified atom stereocenters. The van der Waals surface area contributed by atoms with Gasteiger partial charge in [0, 0.05) is 6.08 Å². The maximum Gasteiger partial charge on any atom is 0.407 e. The minimum absolute atomic E-state index is 0.0163. The van der Waals surface area contributed by atoms with Crippen LogP contribution in [-0.4, -0.2) is 24.7 Å². The molecule has 25 heavy (non-hydrogen) atoms. The molecule has 1 aliphatic rings. The molecular formula is C20H19NO4. The zero-order valence-corrected chi connectivity index (χ0v) is 13.9. The average molecular weight is 337 g/mol. The summed E-state index contributed by atoms with van der Waals surface area (Å²) in [6.45, 7) is 2.25. The summed E-state index contributed by atoms with van der Waals surface area (Å²) in [5.74, 6) is 0.0723. The summed E-state index contributed by atoms with van der Waals surface area (Å²) >= 11 is 0. The van der Waals surface area contributed by atoms with Crippen molar-refractivity contribution in [2.75, 3.05) is 6.61 Å². The molecule has 0 bridgehead atoms. The number of nitrogens with one attached hydrogen (secondary N) is 1. The van der Waals surface area contributed by atoms with Crippen LogP contribution < -0.4 is 10.1 Å². The lowest BCUT2D eigenvalue weighted by Gasteiger charge is -2.08. The third-order valence-corrected chi connectivity index (χ3v) is 3.92. The average Bonchev–Trinajstić information content (AvgIpc) is 3.02. The fourth-order valence-corrected chi connectivity index (χ4v) is 2.62. The Morgan fingerprint density at radius 1 is 1.20 bits per heavy atom. The Labute approximate surface area is 146 Å². The monoisotopic (exact) mass is 337 g/mol. The molecule has 5 heteroatoms. The molecule has 5 nitrogen and oxygen atoms in total. The topological polar surface area (TPSA) is 64.6 Å². The van der Waals surface area contributed by atoms with Gasteiger partial charge < -0.3 is 14.8 Å². The van der Waals surface area contributed by atoms with Crippen LogP contribution in [0.15, 0.2) is 60.7 Å². The van der Waals surface area contributed by atoms with Crippen molar-refractivity contribution in [1.29, 1.82) is 0 Å². The zero-order chi connectivity index (χ0) is 17.6. The predicted octanol–water partition coefficient (Wildman–Crippen LogP) is 3.35. The van der Waals surface area contributed by atoms with Crippen LogP contribution in [0.4, 0.5) is 4.79 Å². The number of cyclic esters (lactones) is 1. The van der Waals surface area contributed by atoms with E-state index in [1.54, 1.807) is 12.1 Å². The smallest absolute Gasteiger partial charge is 0.407 e. The van der Waals surface area contributed by atoms with Crippen molar-refractivity contribution in [2.24, 2.45) is 0 Å². The molecule has 1 aliphatic heterocycles. The SMILES string of the molecule is C/C(=C\C(=O)Oc1ccc(C[C@H]2COC(=O)N2)cc1)c1ccccc1. The first-order chi connectivity index (χ1) is 12.1. The van der Waals surface area contributed by atoms with Gasteiger partial charge in [-0.15, -0.1) is 0 Å². The molecule has 0 radical (unpaired) electrons. The number of amides is 1. The van der Waals surface area contributed by atoms with E-state index >= 15 is 0 Å². The zero-order valence-electron chi connectivity index (χ0n) is 13.9. The highest BCUT2D eigenvalue weighted by Crippen LogP contribution is 2.17. The highest BCUT2D eigenvalue weighted by atomic mass is 16.6. The van der Waals surface area contributed by atoms with Crippen molar-refractivity contribution >= 4 is 17.6 Å². The summed E-state index contributed by atoms with van der Waals surface area (Å²) in [5.41, 5.74) is 2.86. The second kappa shape index (κ2) is 7.66. The maximum atomic E-state index is 12.0. The molecule has 1 heterocycles. The van der Waals surface area contributed by atoms with E-state index in [0.717, 1.165) is 16.7 Å².